The number of aromatic amines is 1. The molecule has 7 nitrogen and oxygen atoms in total. The molecule has 0 amide bonds. The number of carbonyl (C=O) groups is 1. The molecule has 0 aliphatic carbocycles. The van der Waals surface area contributed by atoms with Crippen LogP contribution in [0.1, 0.15) is 24.3 Å². The number of carboxylic acids is 1. The number of hydrogen-bond donors (Lipinski definition) is 3. The molecule has 84 valence electrons. The lowest BCUT2D eigenvalue weighted by molar-refractivity contribution is 0.0690. The summed E-state index contributed by atoms with van der Waals surface area (Å²) in [5.74, 6) is -1.22. The third kappa shape index (κ3) is 2.69. The summed E-state index contributed by atoms with van der Waals surface area (Å²) in [4.78, 5) is 10.5. The van der Waals surface area contributed by atoms with Crippen LogP contribution in [-0.4, -0.2) is 34.9 Å². The first-order valence-electron chi connectivity index (χ1n) is 4.13. The number of nitrogens with zero attached hydrogens (tertiary/aromatic N) is 1. The Balaban J connectivity index is 2.87. The van der Waals surface area contributed by atoms with Gasteiger partial charge in [0.05, 0.1) is 5.25 Å². The van der Waals surface area contributed by atoms with E-state index in [1.807, 2.05) is 0 Å². The minimum absolute atomic E-state index is 0.0268. The van der Waals surface area contributed by atoms with Crippen molar-refractivity contribution in [3.8, 4) is 0 Å². The van der Waals surface area contributed by atoms with Crippen molar-refractivity contribution >= 4 is 21.8 Å². The van der Waals surface area contributed by atoms with Gasteiger partial charge >= 0.3 is 5.97 Å². The van der Waals surface area contributed by atoms with Crippen LogP contribution < -0.4 is 4.72 Å². The van der Waals surface area contributed by atoms with E-state index < -0.39 is 21.2 Å². The molecule has 0 aliphatic heterocycles. The van der Waals surface area contributed by atoms with E-state index in [-0.39, 0.29) is 11.5 Å². The summed E-state index contributed by atoms with van der Waals surface area (Å²) in [7, 11) is -3.49. The predicted octanol–water partition coefficient (Wildman–Crippen LogP) is 0.258. The standard InChI is InChI=1S/C7H11N3O4S/c1-4(2)15(13,14)10-6-3-5(7(11)12)8-9-6/h3-4H,1-2H3,(H,11,12)(H2,8,9,10). The third-order valence-corrected chi connectivity index (χ3v) is 3.41. The topological polar surface area (TPSA) is 112 Å². The van der Waals surface area contributed by atoms with Crippen LogP contribution in [0.15, 0.2) is 6.07 Å². The monoisotopic (exact) mass is 233 g/mol. The highest BCUT2D eigenvalue weighted by atomic mass is 32.2. The van der Waals surface area contributed by atoms with Crippen LogP contribution >= 0.6 is 0 Å². The largest absolute Gasteiger partial charge is 0.477 e. The van der Waals surface area contributed by atoms with Crippen LogP contribution in [0.5, 0.6) is 0 Å². The van der Waals surface area contributed by atoms with Gasteiger partial charge in [-0.1, -0.05) is 0 Å². The summed E-state index contributed by atoms with van der Waals surface area (Å²) in [6.07, 6.45) is 0. The molecule has 0 fully saturated rings. The molecule has 0 unspecified atom stereocenters. The number of aromatic nitrogens is 2. The maximum absolute atomic E-state index is 11.4. The first-order valence-corrected chi connectivity index (χ1v) is 5.68. The van der Waals surface area contributed by atoms with Crippen molar-refractivity contribution in [2.75, 3.05) is 4.72 Å². The van der Waals surface area contributed by atoms with Crippen molar-refractivity contribution in [3.05, 3.63) is 11.8 Å². The number of rotatable bonds is 4. The van der Waals surface area contributed by atoms with E-state index in [2.05, 4.69) is 14.9 Å². The second-order valence-corrected chi connectivity index (χ2v) is 5.40. The van der Waals surface area contributed by atoms with Gasteiger partial charge in [0.2, 0.25) is 10.0 Å². The third-order valence-electron chi connectivity index (χ3n) is 1.68. The van der Waals surface area contributed by atoms with E-state index in [1.165, 1.54) is 13.8 Å². The molecule has 1 aromatic heterocycles. The summed E-state index contributed by atoms with van der Waals surface area (Å²) in [6.45, 7) is 3.01. The second kappa shape index (κ2) is 3.89. The van der Waals surface area contributed by atoms with Crippen molar-refractivity contribution < 1.29 is 18.3 Å². The number of hydrogen-bond acceptors (Lipinski definition) is 4. The Morgan fingerprint density at radius 2 is 2.20 bits per heavy atom. The minimum Gasteiger partial charge on any atom is -0.477 e. The number of sulfonamides is 1. The lowest BCUT2D eigenvalue weighted by Gasteiger charge is -2.07. The van der Waals surface area contributed by atoms with Gasteiger partial charge in [0.25, 0.3) is 0 Å². The fourth-order valence-electron chi connectivity index (χ4n) is 0.747. The predicted molar refractivity (Wildman–Crippen MR) is 53.2 cm³/mol. The van der Waals surface area contributed by atoms with E-state index in [0.717, 1.165) is 6.07 Å². The highest BCUT2D eigenvalue weighted by molar-refractivity contribution is 7.93. The molecular weight excluding hydrogens is 222 g/mol. The fraction of sp³-hybridized carbons (Fsp3) is 0.429. The summed E-state index contributed by atoms with van der Waals surface area (Å²) >= 11 is 0. The Labute approximate surface area is 86.6 Å². The van der Waals surface area contributed by atoms with Crippen molar-refractivity contribution in [3.63, 3.8) is 0 Å². The molecule has 1 heterocycles. The van der Waals surface area contributed by atoms with Crippen LogP contribution in [0.2, 0.25) is 0 Å². The molecule has 0 saturated heterocycles. The molecular formula is C7H11N3O4S. The van der Waals surface area contributed by atoms with Gasteiger partial charge in [0, 0.05) is 6.07 Å². The zero-order valence-electron chi connectivity index (χ0n) is 8.18. The lowest BCUT2D eigenvalue weighted by atomic mass is 10.4. The van der Waals surface area contributed by atoms with Crippen LogP contribution in [-0.2, 0) is 10.0 Å². The fourth-order valence-corrected chi connectivity index (χ4v) is 1.38. The maximum Gasteiger partial charge on any atom is 0.353 e. The van der Waals surface area contributed by atoms with Gasteiger partial charge in [-0.15, -0.1) is 0 Å². The smallest absolute Gasteiger partial charge is 0.353 e. The normalized spacial score (nSPS) is 11.7. The molecule has 0 spiro atoms. The zero-order valence-corrected chi connectivity index (χ0v) is 9.00. The van der Waals surface area contributed by atoms with Gasteiger partial charge in [-0.05, 0) is 13.8 Å². The Kier molecular flexibility index (Phi) is 2.98. The van der Waals surface area contributed by atoms with E-state index in [4.69, 9.17) is 5.11 Å². The minimum atomic E-state index is -3.49. The summed E-state index contributed by atoms with van der Waals surface area (Å²) < 4.78 is 24.9. The number of carboxylic acid groups (broad SMARTS) is 1. The second-order valence-electron chi connectivity index (χ2n) is 3.17. The first kappa shape index (κ1) is 11.5. The molecule has 0 aromatic carbocycles. The van der Waals surface area contributed by atoms with Gasteiger partial charge in [0.1, 0.15) is 5.69 Å². The number of nitrogens with one attached hydrogen (secondary N) is 2. The Morgan fingerprint density at radius 3 is 2.60 bits per heavy atom. The van der Waals surface area contributed by atoms with Crippen molar-refractivity contribution in [2.45, 2.75) is 19.1 Å². The molecule has 1 aromatic rings. The molecule has 15 heavy (non-hydrogen) atoms. The number of anilines is 1. The Morgan fingerprint density at radius 1 is 1.60 bits per heavy atom. The summed E-state index contributed by atoms with van der Waals surface area (Å²) in [5.41, 5.74) is -0.170. The molecule has 8 heteroatoms. The number of aromatic carboxylic acids is 1. The van der Waals surface area contributed by atoms with Crippen molar-refractivity contribution in [1.82, 2.24) is 10.2 Å². The Bertz CT molecular complexity index is 462. The van der Waals surface area contributed by atoms with E-state index in [1.54, 1.807) is 0 Å². The average Bonchev–Trinajstić information content (AvgIpc) is 2.51. The van der Waals surface area contributed by atoms with Crippen LogP contribution in [0.4, 0.5) is 5.82 Å². The lowest BCUT2D eigenvalue weighted by Crippen LogP contribution is -2.22. The Hall–Kier alpha value is -1.57. The van der Waals surface area contributed by atoms with Gasteiger partial charge in [-0.3, -0.25) is 9.82 Å². The maximum atomic E-state index is 11.4. The number of H-pyrrole nitrogens is 1. The van der Waals surface area contributed by atoms with E-state index >= 15 is 0 Å². The van der Waals surface area contributed by atoms with E-state index in [9.17, 15) is 13.2 Å². The first-order chi connectivity index (χ1) is 6.83. The van der Waals surface area contributed by atoms with Gasteiger partial charge in [0.15, 0.2) is 5.82 Å². The molecule has 3 N–H and O–H groups in total. The van der Waals surface area contributed by atoms with Crippen molar-refractivity contribution in [2.24, 2.45) is 0 Å². The molecule has 0 aliphatic rings. The highest BCUT2D eigenvalue weighted by Gasteiger charge is 2.17. The van der Waals surface area contributed by atoms with Crippen LogP contribution in [0, 0.1) is 0 Å². The SMILES string of the molecule is CC(C)S(=O)(=O)Nc1cc(C(=O)O)[nH]n1. The van der Waals surface area contributed by atoms with Gasteiger partial charge in [-0.25, -0.2) is 13.2 Å². The molecule has 1 rings (SSSR count). The van der Waals surface area contributed by atoms with Crippen LogP contribution in [0.3, 0.4) is 0 Å². The van der Waals surface area contributed by atoms with Gasteiger partial charge in [-0.2, -0.15) is 5.10 Å². The molecule has 0 atom stereocenters. The molecule has 0 bridgehead atoms. The highest BCUT2D eigenvalue weighted by Crippen LogP contribution is 2.10. The molecule has 0 saturated carbocycles. The molecule has 0 radical (unpaired) electrons. The summed E-state index contributed by atoms with van der Waals surface area (Å²) in [6, 6.07) is 1.11. The quantitative estimate of drug-likeness (QED) is 0.690. The van der Waals surface area contributed by atoms with Crippen molar-refractivity contribution in [1.29, 1.82) is 0 Å². The summed E-state index contributed by atoms with van der Waals surface area (Å²) in [5, 5.41) is 13.6. The average molecular weight is 233 g/mol. The van der Waals surface area contributed by atoms with E-state index in [0.29, 0.717) is 0 Å². The van der Waals surface area contributed by atoms with Gasteiger partial charge < -0.3 is 5.11 Å². The zero-order chi connectivity index (χ0) is 11.6. The van der Waals surface area contributed by atoms with Crippen LogP contribution in [0.25, 0.3) is 0 Å².